The molecular formula is C22H18F2N4O3S2. The molecule has 0 fully saturated rings. The summed E-state index contributed by atoms with van der Waals surface area (Å²) in [7, 11) is 0. The third kappa shape index (κ3) is 5.15. The van der Waals surface area contributed by atoms with E-state index >= 15 is 0 Å². The van der Waals surface area contributed by atoms with E-state index in [0.717, 1.165) is 4.88 Å². The molecule has 0 saturated heterocycles. The van der Waals surface area contributed by atoms with Gasteiger partial charge in [0.05, 0.1) is 16.6 Å². The Morgan fingerprint density at radius 1 is 1.24 bits per heavy atom. The maximum atomic E-state index is 12.7. The van der Waals surface area contributed by atoms with Crippen LogP contribution in [0.2, 0.25) is 0 Å². The molecule has 0 aliphatic heterocycles. The molecule has 170 valence electrons. The zero-order valence-electron chi connectivity index (χ0n) is 17.3. The van der Waals surface area contributed by atoms with Crippen LogP contribution >= 0.6 is 23.6 Å². The van der Waals surface area contributed by atoms with Gasteiger partial charge in [-0.1, -0.05) is 12.1 Å². The third-order valence-corrected chi connectivity index (χ3v) is 6.06. The number of carbonyl (C=O) groups excluding carboxylic acids is 1. The van der Waals surface area contributed by atoms with Crippen LogP contribution in [0, 0.1) is 11.7 Å². The molecule has 4 rings (SSSR count). The molecule has 0 bridgehead atoms. The average Bonchev–Trinajstić information content (AvgIpc) is 3.13. The number of hydrogen-bond acceptors (Lipinski definition) is 6. The number of alkyl halides is 2. The first-order chi connectivity index (χ1) is 15.8. The summed E-state index contributed by atoms with van der Waals surface area (Å²) in [6, 6.07) is 13.2. The highest BCUT2D eigenvalue weighted by atomic mass is 32.1. The number of hydrogen-bond donors (Lipinski definition) is 2. The van der Waals surface area contributed by atoms with Crippen LogP contribution < -0.4 is 15.6 Å². The second kappa shape index (κ2) is 9.59. The van der Waals surface area contributed by atoms with Crippen LogP contribution in [-0.2, 0) is 11.3 Å². The van der Waals surface area contributed by atoms with Gasteiger partial charge in [-0.15, -0.1) is 11.3 Å². The van der Waals surface area contributed by atoms with Gasteiger partial charge in [0.2, 0.25) is 5.91 Å². The molecule has 1 amide bonds. The van der Waals surface area contributed by atoms with Crippen LogP contribution in [0.4, 0.5) is 13.9 Å². The number of anilines is 1. The lowest BCUT2D eigenvalue weighted by Gasteiger charge is -2.08. The van der Waals surface area contributed by atoms with Crippen LogP contribution in [0.25, 0.3) is 22.2 Å². The standard InChI is InChI=1S/C22H18F2N4O3S2/c1-12-18(13-6-8-14(9-7-13)31-20(23)24)27-21(33-12)26-17(29)10-11-28-19(30)15-4-2-3-5-16(15)25-22(28)32/h2-9,20H,10-11H2,1H3,(H,25,32)(H,26,27,29). The van der Waals surface area contributed by atoms with E-state index in [0.29, 0.717) is 27.3 Å². The van der Waals surface area contributed by atoms with Gasteiger partial charge in [0.15, 0.2) is 9.90 Å². The number of aromatic amines is 1. The Hall–Kier alpha value is -3.44. The molecular weight excluding hydrogens is 470 g/mol. The molecule has 0 unspecified atom stereocenters. The number of thiazole rings is 1. The van der Waals surface area contributed by atoms with Crippen molar-refractivity contribution in [2.45, 2.75) is 26.5 Å². The lowest BCUT2D eigenvalue weighted by molar-refractivity contribution is -0.116. The normalized spacial score (nSPS) is 11.2. The van der Waals surface area contributed by atoms with Gasteiger partial charge in [0.25, 0.3) is 5.56 Å². The maximum Gasteiger partial charge on any atom is 0.387 e. The Bertz CT molecular complexity index is 1430. The van der Waals surface area contributed by atoms with Gasteiger partial charge in [0.1, 0.15) is 5.75 Å². The van der Waals surface area contributed by atoms with Crippen LogP contribution in [0.3, 0.4) is 0 Å². The van der Waals surface area contributed by atoms with Crippen molar-refractivity contribution in [2.75, 3.05) is 5.32 Å². The number of ether oxygens (including phenoxy) is 1. The lowest BCUT2D eigenvalue weighted by atomic mass is 10.1. The van der Waals surface area contributed by atoms with Crippen molar-refractivity contribution in [3.8, 4) is 17.0 Å². The summed E-state index contributed by atoms with van der Waals surface area (Å²) in [4.78, 5) is 33.5. The fourth-order valence-electron chi connectivity index (χ4n) is 3.31. The van der Waals surface area contributed by atoms with Gasteiger partial charge < -0.3 is 15.0 Å². The number of H-pyrrole nitrogens is 1. The smallest absolute Gasteiger partial charge is 0.387 e. The van der Waals surface area contributed by atoms with E-state index in [2.05, 4.69) is 20.0 Å². The minimum atomic E-state index is -2.89. The van der Waals surface area contributed by atoms with E-state index in [9.17, 15) is 18.4 Å². The quantitative estimate of drug-likeness (QED) is 0.353. The second-order valence-electron chi connectivity index (χ2n) is 7.06. The van der Waals surface area contributed by atoms with Crippen LogP contribution in [0.15, 0.2) is 53.3 Å². The molecule has 33 heavy (non-hydrogen) atoms. The Balaban J connectivity index is 1.44. The molecule has 2 heterocycles. The summed E-state index contributed by atoms with van der Waals surface area (Å²) in [6.07, 6.45) is 0.0311. The molecule has 0 saturated carbocycles. The number of rotatable bonds is 7. The lowest BCUT2D eigenvalue weighted by Crippen LogP contribution is -2.25. The van der Waals surface area contributed by atoms with Crippen LogP contribution in [0.1, 0.15) is 11.3 Å². The number of para-hydroxylation sites is 1. The van der Waals surface area contributed by atoms with Gasteiger partial charge in [-0.25, -0.2) is 4.98 Å². The molecule has 0 spiro atoms. The Kier molecular flexibility index (Phi) is 6.61. The molecule has 11 heteroatoms. The fourth-order valence-corrected chi connectivity index (χ4v) is 4.45. The number of amides is 1. The van der Waals surface area contributed by atoms with Crippen LogP contribution in [0.5, 0.6) is 5.75 Å². The number of carbonyl (C=O) groups is 1. The monoisotopic (exact) mass is 488 g/mol. The van der Waals surface area contributed by atoms with Crippen molar-refractivity contribution < 1.29 is 18.3 Å². The van der Waals surface area contributed by atoms with E-state index in [1.165, 1.54) is 28.0 Å². The number of aromatic nitrogens is 3. The van der Waals surface area contributed by atoms with Gasteiger partial charge >= 0.3 is 6.61 Å². The van der Waals surface area contributed by atoms with Crippen molar-refractivity contribution in [2.24, 2.45) is 0 Å². The summed E-state index contributed by atoms with van der Waals surface area (Å²) >= 11 is 6.56. The summed E-state index contributed by atoms with van der Waals surface area (Å²) in [6.45, 7) is -0.924. The number of nitrogens with one attached hydrogen (secondary N) is 2. The largest absolute Gasteiger partial charge is 0.435 e. The summed E-state index contributed by atoms with van der Waals surface area (Å²) in [5, 5.41) is 3.64. The molecule has 2 aromatic carbocycles. The maximum absolute atomic E-state index is 12.7. The molecule has 0 aliphatic carbocycles. The van der Waals surface area contributed by atoms with Crippen molar-refractivity contribution >= 4 is 45.5 Å². The average molecular weight is 489 g/mol. The minimum absolute atomic E-state index is 0.0311. The number of nitrogens with zero attached hydrogens (tertiary/aromatic N) is 2. The molecule has 0 atom stereocenters. The van der Waals surface area contributed by atoms with Crippen molar-refractivity contribution in [1.82, 2.24) is 14.5 Å². The zero-order valence-corrected chi connectivity index (χ0v) is 18.9. The Labute approximate surface area is 195 Å². The number of halogens is 2. The highest BCUT2D eigenvalue weighted by molar-refractivity contribution is 7.71. The molecule has 0 radical (unpaired) electrons. The Morgan fingerprint density at radius 2 is 1.97 bits per heavy atom. The van der Waals surface area contributed by atoms with Crippen molar-refractivity contribution in [3.05, 3.63) is 68.5 Å². The first kappa shape index (κ1) is 22.7. The summed E-state index contributed by atoms with van der Waals surface area (Å²) in [5.41, 5.74) is 1.73. The van der Waals surface area contributed by atoms with Crippen LogP contribution in [-0.4, -0.2) is 27.1 Å². The molecule has 2 aromatic heterocycles. The zero-order chi connectivity index (χ0) is 23.5. The molecule has 2 N–H and O–H groups in total. The molecule has 4 aromatic rings. The van der Waals surface area contributed by atoms with E-state index in [1.54, 1.807) is 36.4 Å². The summed E-state index contributed by atoms with van der Waals surface area (Å²) in [5.74, 6) is -0.261. The fraction of sp³-hybridized carbons (Fsp3) is 0.182. The minimum Gasteiger partial charge on any atom is -0.435 e. The number of fused-ring (bicyclic) bond motifs is 1. The topological polar surface area (TPSA) is 89.0 Å². The predicted octanol–water partition coefficient (Wildman–Crippen LogP) is 5.12. The van der Waals surface area contributed by atoms with Gasteiger partial charge in [0, 0.05) is 23.4 Å². The highest BCUT2D eigenvalue weighted by Crippen LogP contribution is 2.31. The van der Waals surface area contributed by atoms with Gasteiger partial charge in [-0.2, -0.15) is 8.78 Å². The SMILES string of the molecule is Cc1sc(NC(=O)CCn2c(=S)[nH]c3ccccc3c2=O)nc1-c1ccc(OC(F)F)cc1. The van der Waals surface area contributed by atoms with Crippen molar-refractivity contribution in [3.63, 3.8) is 0 Å². The van der Waals surface area contributed by atoms with Gasteiger partial charge in [-0.3, -0.25) is 14.2 Å². The number of aryl methyl sites for hydroxylation is 1. The van der Waals surface area contributed by atoms with E-state index in [-0.39, 0.29) is 35.0 Å². The van der Waals surface area contributed by atoms with E-state index in [1.807, 2.05) is 6.92 Å². The number of benzene rings is 2. The Morgan fingerprint density at radius 3 is 2.70 bits per heavy atom. The summed E-state index contributed by atoms with van der Waals surface area (Å²) < 4.78 is 30.6. The highest BCUT2D eigenvalue weighted by Gasteiger charge is 2.14. The third-order valence-electron chi connectivity index (χ3n) is 4.85. The van der Waals surface area contributed by atoms with Gasteiger partial charge in [-0.05, 0) is 55.5 Å². The van der Waals surface area contributed by atoms with Crippen molar-refractivity contribution in [1.29, 1.82) is 0 Å². The van der Waals surface area contributed by atoms with E-state index in [4.69, 9.17) is 12.2 Å². The first-order valence-electron chi connectivity index (χ1n) is 9.86. The van der Waals surface area contributed by atoms with E-state index < -0.39 is 6.61 Å². The first-order valence-corrected chi connectivity index (χ1v) is 11.1. The molecule has 0 aliphatic rings. The molecule has 7 nitrogen and oxygen atoms in total. The predicted molar refractivity (Wildman–Crippen MR) is 126 cm³/mol. The second-order valence-corrected chi connectivity index (χ2v) is 8.65.